The molecule has 0 bridgehead atoms. The lowest BCUT2D eigenvalue weighted by Gasteiger charge is -2.20. The normalized spacial score (nSPS) is 23.4. The number of nitrogens with zero attached hydrogens (tertiary/aromatic N) is 2. The van der Waals surface area contributed by atoms with Crippen LogP contribution in [0.5, 0.6) is 5.88 Å². The Morgan fingerprint density at radius 1 is 1.56 bits per heavy atom. The standard InChI is InChI=1S/C11H13N3O2/c12-7-4-9-10(13-5-7)16-6-8-2-1-3-14(8)11(9)15/h4-5,8H,1-3,6,12H2/t8-/m0/s1. The van der Waals surface area contributed by atoms with Crippen molar-refractivity contribution in [1.29, 1.82) is 0 Å². The molecule has 1 aromatic rings. The van der Waals surface area contributed by atoms with Crippen LogP contribution in [-0.4, -0.2) is 35.0 Å². The van der Waals surface area contributed by atoms with Gasteiger partial charge in [-0.2, -0.15) is 0 Å². The Morgan fingerprint density at radius 3 is 3.31 bits per heavy atom. The van der Waals surface area contributed by atoms with Gasteiger partial charge in [-0.1, -0.05) is 0 Å². The van der Waals surface area contributed by atoms with Crippen molar-refractivity contribution in [2.24, 2.45) is 0 Å². The molecule has 0 aromatic carbocycles. The Kier molecular flexibility index (Phi) is 1.99. The summed E-state index contributed by atoms with van der Waals surface area (Å²) in [7, 11) is 0. The Balaban J connectivity index is 2.06. The van der Waals surface area contributed by atoms with Crippen LogP contribution in [0.15, 0.2) is 12.3 Å². The number of anilines is 1. The first-order valence-corrected chi connectivity index (χ1v) is 5.45. The predicted molar refractivity (Wildman–Crippen MR) is 58.2 cm³/mol. The van der Waals surface area contributed by atoms with E-state index in [0.29, 0.717) is 23.7 Å². The highest BCUT2D eigenvalue weighted by molar-refractivity contribution is 5.97. The van der Waals surface area contributed by atoms with Gasteiger partial charge in [0.1, 0.15) is 12.2 Å². The third kappa shape index (κ3) is 1.31. The van der Waals surface area contributed by atoms with Crippen LogP contribution in [0, 0.1) is 0 Å². The Labute approximate surface area is 93.2 Å². The zero-order valence-corrected chi connectivity index (χ0v) is 8.85. The molecule has 0 aliphatic carbocycles. The highest BCUT2D eigenvalue weighted by Gasteiger charge is 2.34. The van der Waals surface area contributed by atoms with E-state index >= 15 is 0 Å². The number of carbonyl (C=O) groups is 1. The fourth-order valence-corrected chi connectivity index (χ4v) is 2.34. The second-order valence-corrected chi connectivity index (χ2v) is 4.23. The number of carbonyl (C=O) groups excluding carboxylic acids is 1. The zero-order chi connectivity index (χ0) is 11.1. The molecule has 2 aliphatic heterocycles. The summed E-state index contributed by atoms with van der Waals surface area (Å²) in [5.41, 5.74) is 6.63. The van der Waals surface area contributed by atoms with Crippen molar-refractivity contribution in [2.75, 3.05) is 18.9 Å². The molecule has 1 fully saturated rings. The maximum atomic E-state index is 12.2. The predicted octanol–water partition coefficient (Wildman–Crippen LogP) is 0.661. The summed E-state index contributed by atoms with van der Waals surface area (Å²) in [5.74, 6) is 0.406. The summed E-state index contributed by atoms with van der Waals surface area (Å²) in [6.45, 7) is 1.34. The van der Waals surface area contributed by atoms with Crippen LogP contribution >= 0.6 is 0 Å². The number of ether oxygens (including phenoxy) is 1. The molecule has 0 saturated carbocycles. The van der Waals surface area contributed by atoms with E-state index in [4.69, 9.17) is 10.5 Å². The first-order valence-electron chi connectivity index (χ1n) is 5.45. The molecule has 2 N–H and O–H groups in total. The van der Waals surface area contributed by atoms with Gasteiger partial charge in [0.05, 0.1) is 17.9 Å². The van der Waals surface area contributed by atoms with Gasteiger partial charge in [0.15, 0.2) is 0 Å². The Hall–Kier alpha value is -1.78. The smallest absolute Gasteiger partial charge is 0.259 e. The molecule has 0 spiro atoms. The largest absolute Gasteiger partial charge is 0.475 e. The first kappa shape index (κ1) is 9.45. The molecule has 5 nitrogen and oxygen atoms in total. The van der Waals surface area contributed by atoms with Gasteiger partial charge in [0, 0.05) is 6.54 Å². The molecule has 0 radical (unpaired) electrons. The van der Waals surface area contributed by atoms with Crippen LogP contribution in [-0.2, 0) is 0 Å². The van der Waals surface area contributed by atoms with Crippen molar-refractivity contribution in [1.82, 2.24) is 9.88 Å². The minimum absolute atomic E-state index is 0.00481. The second-order valence-electron chi connectivity index (χ2n) is 4.23. The highest BCUT2D eigenvalue weighted by Crippen LogP contribution is 2.28. The van der Waals surface area contributed by atoms with E-state index in [1.807, 2.05) is 4.90 Å². The number of nitrogen functional groups attached to an aromatic ring is 1. The number of hydrogen-bond acceptors (Lipinski definition) is 4. The van der Waals surface area contributed by atoms with E-state index in [-0.39, 0.29) is 11.9 Å². The lowest BCUT2D eigenvalue weighted by atomic mass is 10.2. The molecule has 1 amide bonds. The first-order chi connectivity index (χ1) is 7.75. The molecule has 5 heteroatoms. The SMILES string of the molecule is Nc1cnc2c(c1)C(=O)N1CCC[C@H]1CO2. The quantitative estimate of drug-likeness (QED) is 0.696. The molecule has 84 valence electrons. The van der Waals surface area contributed by atoms with Crippen molar-refractivity contribution >= 4 is 11.6 Å². The Bertz CT molecular complexity index is 447. The summed E-state index contributed by atoms with van der Waals surface area (Å²) in [6.07, 6.45) is 3.57. The fraction of sp³-hybridized carbons (Fsp3) is 0.455. The van der Waals surface area contributed by atoms with Crippen molar-refractivity contribution in [3.05, 3.63) is 17.8 Å². The second kappa shape index (κ2) is 3.37. The van der Waals surface area contributed by atoms with Crippen molar-refractivity contribution < 1.29 is 9.53 Å². The van der Waals surface area contributed by atoms with Gasteiger partial charge in [-0.15, -0.1) is 0 Å². The Morgan fingerprint density at radius 2 is 2.44 bits per heavy atom. The van der Waals surface area contributed by atoms with E-state index in [1.165, 1.54) is 6.20 Å². The number of rotatable bonds is 0. The van der Waals surface area contributed by atoms with Gasteiger partial charge >= 0.3 is 0 Å². The van der Waals surface area contributed by atoms with Crippen LogP contribution < -0.4 is 10.5 Å². The minimum Gasteiger partial charge on any atom is -0.475 e. The third-order valence-electron chi connectivity index (χ3n) is 3.15. The lowest BCUT2D eigenvalue weighted by Crippen LogP contribution is -2.36. The number of hydrogen-bond donors (Lipinski definition) is 1. The molecule has 0 unspecified atom stereocenters. The van der Waals surface area contributed by atoms with Gasteiger partial charge < -0.3 is 15.4 Å². The van der Waals surface area contributed by atoms with Crippen molar-refractivity contribution in [2.45, 2.75) is 18.9 Å². The number of aromatic nitrogens is 1. The van der Waals surface area contributed by atoms with Gasteiger partial charge in [-0.05, 0) is 18.9 Å². The van der Waals surface area contributed by atoms with Crippen LogP contribution in [0.2, 0.25) is 0 Å². The van der Waals surface area contributed by atoms with E-state index in [9.17, 15) is 4.79 Å². The topological polar surface area (TPSA) is 68.5 Å². The van der Waals surface area contributed by atoms with E-state index in [2.05, 4.69) is 4.98 Å². The molecule has 1 atom stereocenters. The van der Waals surface area contributed by atoms with Gasteiger partial charge in [-0.25, -0.2) is 4.98 Å². The summed E-state index contributed by atoms with van der Waals surface area (Å²) in [5, 5.41) is 0. The maximum Gasteiger partial charge on any atom is 0.259 e. The zero-order valence-electron chi connectivity index (χ0n) is 8.85. The van der Waals surface area contributed by atoms with Crippen LogP contribution in [0.1, 0.15) is 23.2 Å². The van der Waals surface area contributed by atoms with Crippen LogP contribution in [0.3, 0.4) is 0 Å². The molecule has 1 aromatic heterocycles. The summed E-state index contributed by atoms with van der Waals surface area (Å²) >= 11 is 0. The summed E-state index contributed by atoms with van der Waals surface area (Å²) in [4.78, 5) is 18.2. The lowest BCUT2D eigenvalue weighted by molar-refractivity contribution is 0.0726. The van der Waals surface area contributed by atoms with Crippen molar-refractivity contribution in [3.63, 3.8) is 0 Å². The number of nitrogens with two attached hydrogens (primary N) is 1. The third-order valence-corrected chi connectivity index (χ3v) is 3.15. The molecule has 3 heterocycles. The highest BCUT2D eigenvalue weighted by atomic mass is 16.5. The number of pyridine rings is 1. The average molecular weight is 219 g/mol. The maximum absolute atomic E-state index is 12.2. The molecule has 3 rings (SSSR count). The van der Waals surface area contributed by atoms with E-state index < -0.39 is 0 Å². The molecular formula is C11H13N3O2. The monoisotopic (exact) mass is 219 g/mol. The van der Waals surface area contributed by atoms with Gasteiger partial charge in [-0.3, -0.25) is 4.79 Å². The average Bonchev–Trinajstić information content (AvgIpc) is 2.70. The number of fused-ring (bicyclic) bond motifs is 2. The fourth-order valence-electron chi connectivity index (χ4n) is 2.34. The molecule has 1 saturated heterocycles. The van der Waals surface area contributed by atoms with Gasteiger partial charge in [0.25, 0.3) is 5.91 Å². The van der Waals surface area contributed by atoms with Crippen LogP contribution in [0.25, 0.3) is 0 Å². The van der Waals surface area contributed by atoms with Crippen LogP contribution in [0.4, 0.5) is 5.69 Å². The van der Waals surface area contributed by atoms with E-state index in [0.717, 1.165) is 19.4 Å². The molecular weight excluding hydrogens is 206 g/mol. The van der Waals surface area contributed by atoms with E-state index in [1.54, 1.807) is 6.07 Å². The summed E-state index contributed by atoms with van der Waals surface area (Å²) in [6, 6.07) is 1.84. The van der Waals surface area contributed by atoms with Crippen molar-refractivity contribution in [3.8, 4) is 5.88 Å². The molecule has 16 heavy (non-hydrogen) atoms. The number of amides is 1. The van der Waals surface area contributed by atoms with Gasteiger partial charge in [0.2, 0.25) is 5.88 Å². The molecule has 2 aliphatic rings. The minimum atomic E-state index is -0.00481. The summed E-state index contributed by atoms with van der Waals surface area (Å²) < 4.78 is 5.56.